The molecular formula is C19H19N3O3. The lowest BCUT2D eigenvalue weighted by Gasteiger charge is -2.08. The number of aliphatic hydroxyl groups excluding tert-OH is 1. The molecular weight excluding hydrogens is 318 g/mol. The van der Waals surface area contributed by atoms with Crippen LogP contribution in [0, 0.1) is 6.92 Å². The lowest BCUT2D eigenvalue weighted by molar-refractivity contribution is 0.0954. The van der Waals surface area contributed by atoms with E-state index in [1.165, 1.54) is 0 Å². The monoisotopic (exact) mass is 337 g/mol. The van der Waals surface area contributed by atoms with Gasteiger partial charge < -0.3 is 14.9 Å². The van der Waals surface area contributed by atoms with Crippen LogP contribution in [0.15, 0.2) is 53.1 Å². The van der Waals surface area contributed by atoms with Gasteiger partial charge in [-0.15, -0.1) is 0 Å². The summed E-state index contributed by atoms with van der Waals surface area (Å²) >= 11 is 0. The van der Waals surface area contributed by atoms with Crippen molar-refractivity contribution in [3.63, 3.8) is 0 Å². The third kappa shape index (κ3) is 4.10. The molecule has 1 heterocycles. The standard InChI is InChI=1S/C19H19N3O3/c1-13-21-19(25-22-13)17-5-3-2-4-16(17)18(24)20-11-10-14-6-8-15(12-23)9-7-14/h2-9,23H,10-12H2,1H3,(H,20,24). The van der Waals surface area contributed by atoms with E-state index in [4.69, 9.17) is 9.63 Å². The normalized spacial score (nSPS) is 10.6. The van der Waals surface area contributed by atoms with Crippen molar-refractivity contribution < 1.29 is 14.4 Å². The van der Waals surface area contributed by atoms with Crippen molar-refractivity contribution in [1.29, 1.82) is 0 Å². The molecule has 0 saturated carbocycles. The Morgan fingerprint density at radius 3 is 2.52 bits per heavy atom. The third-order valence-electron chi connectivity index (χ3n) is 3.83. The summed E-state index contributed by atoms with van der Waals surface area (Å²) < 4.78 is 5.18. The quantitative estimate of drug-likeness (QED) is 0.721. The summed E-state index contributed by atoms with van der Waals surface area (Å²) in [4.78, 5) is 16.7. The highest BCUT2D eigenvalue weighted by Crippen LogP contribution is 2.21. The van der Waals surface area contributed by atoms with Crippen LogP contribution in [0.4, 0.5) is 0 Å². The number of nitrogens with zero attached hydrogens (tertiary/aromatic N) is 2. The van der Waals surface area contributed by atoms with Crippen molar-refractivity contribution in [3.05, 3.63) is 71.0 Å². The van der Waals surface area contributed by atoms with Crippen molar-refractivity contribution in [2.24, 2.45) is 0 Å². The number of carbonyl (C=O) groups excluding carboxylic acids is 1. The molecule has 128 valence electrons. The summed E-state index contributed by atoms with van der Waals surface area (Å²) in [6, 6.07) is 14.8. The molecule has 1 aromatic heterocycles. The highest BCUT2D eigenvalue weighted by atomic mass is 16.5. The summed E-state index contributed by atoms with van der Waals surface area (Å²) in [6.45, 7) is 2.27. The molecule has 3 rings (SSSR count). The first kappa shape index (κ1) is 16.9. The van der Waals surface area contributed by atoms with Crippen LogP contribution in [-0.4, -0.2) is 27.7 Å². The molecule has 3 aromatic rings. The Morgan fingerprint density at radius 2 is 1.84 bits per heavy atom. The van der Waals surface area contributed by atoms with Crippen LogP contribution in [0.2, 0.25) is 0 Å². The summed E-state index contributed by atoms with van der Waals surface area (Å²) in [5.74, 6) is 0.679. The van der Waals surface area contributed by atoms with Gasteiger partial charge in [-0.3, -0.25) is 4.79 Å². The van der Waals surface area contributed by atoms with Crippen LogP contribution >= 0.6 is 0 Å². The minimum atomic E-state index is -0.182. The number of rotatable bonds is 6. The Morgan fingerprint density at radius 1 is 1.12 bits per heavy atom. The Bertz CT molecular complexity index is 856. The molecule has 6 heteroatoms. The highest BCUT2D eigenvalue weighted by molar-refractivity contribution is 5.99. The minimum absolute atomic E-state index is 0.0307. The zero-order valence-electron chi connectivity index (χ0n) is 13.9. The second-order valence-electron chi connectivity index (χ2n) is 5.67. The van der Waals surface area contributed by atoms with Gasteiger partial charge in [0.1, 0.15) is 0 Å². The Balaban J connectivity index is 1.65. The molecule has 0 bridgehead atoms. The van der Waals surface area contributed by atoms with Crippen LogP contribution in [0.3, 0.4) is 0 Å². The van der Waals surface area contributed by atoms with Gasteiger partial charge in [0.05, 0.1) is 17.7 Å². The second kappa shape index (κ2) is 7.72. The highest BCUT2D eigenvalue weighted by Gasteiger charge is 2.16. The van der Waals surface area contributed by atoms with Gasteiger partial charge in [-0.05, 0) is 36.6 Å². The molecule has 0 saturated heterocycles. The molecule has 0 atom stereocenters. The van der Waals surface area contributed by atoms with E-state index >= 15 is 0 Å². The molecule has 0 aliphatic carbocycles. The summed E-state index contributed by atoms with van der Waals surface area (Å²) in [5.41, 5.74) is 3.09. The minimum Gasteiger partial charge on any atom is -0.392 e. The molecule has 6 nitrogen and oxygen atoms in total. The van der Waals surface area contributed by atoms with E-state index in [2.05, 4.69) is 15.5 Å². The van der Waals surface area contributed by atoms with Crippen molar-refractivity contribution in [2.45, 2.75) is 20.0 Å². The van der Waals surface area contributed by atoms with E-state index in [1.807, 2.05) is 30.3 Å². The zero-order chi connectivity index (χ0) is 17.6. The van der Waals surface area contributed by atoms with Crippen molar-refractivity contribution in [2.75, 3.05) is 6.54 Å². The maximum Gasteiger partial charge on any atom is 0.258 e. The molecule has 0 fully saturated rings. The number of amides is 1. The van der Waals surface area contributed by atoms with Crippen LogP contribution < -0.4 is 5.32 Å². The number of hydrogen-bond donors (Lipinski definition) is 2. The summed E-state index contributed by atoms with van der Waals surface area (Å²) in [6.07, 6.45) is 0.708. The van der Waals surface area contributed by atoms with Crippen LogP contribution in [0.5, 0.6) is 0 Å². The molecule has 1 amide bonds. The molecule has 0 unspecified atom stereocenters. The zero-order valence-corrected chi connectivity index (χ0v) is 13.9. The van der Waals surface area contributed by atoms with Crippen LogP contribution in [-0.2, 0) is 13.0 Å². The van der Waals surface area contributed by atoms with Crippen molar-refractivity contribution >= 4 is 5.91 Å². The van der Waals surface area contributed by atoms with E-state index in [9.17, 15) is 4.79 Å². The second-order valence-corrected chi connectivity index (χ2v) is 5.67. The molecule has 2 aromatic carbocycles. The molecule has 0 radical (unpaired) electrons. The van der Waals surface area contributed by atoms with Crippen LogP contribution in [0.1, 0.15) is 27.3 Å². The topological polar surface area (TPSA) is 88.2 Å². The van der Waals surface area contributed by atoms with E-state index < -0.39 is 0 Å². The lowest BCUT2D eigenvalue weighted by atomic mass is 10.1. The average molecular weight is 337 g/mol. The van der Waals surface area contributed by atoms with Gasteiger partial charge in [-0.1, -0.05) is 41.6 Å². The van der Waals surface area contributed by atoms with E-state index in [0.717, 1.165) is 11.1 Å². The van der Waals surface area contributed by atoms with Gasteiger partial charge in [-0.2, -0.15) is 4.98 Å². The molecule has 0 aliphatic rings. The largest absolute Gasteiger partial charge is 0.392 e. The molecule has 25 heavy (non-hydrogen) atoms. The van der Waals surface area contributed by atoms with Gasteiger partial charge in [0, 0.05) is 6.54 Å². The molecule has 2 N–H and O–H groups in total. The number of nitrogens with one attached hydrogen (secondary N) is 1. The van der Waals surface area contributed by atoms with Gasteiger partial charge >= 0.3 is 0 Å². The third-order valence-corrected chi connectivity index (χ3v) is 3.83. The van der Waals surface area contributed by atoms with E-state index in [-0.39, 0.29) is 12.5 Å². The fraction of sp³-hybridized carbons (Fsp3) is 0.211. The fourth-order valence-electron chi connectivity index (χ4n) is 2.50. The lowest BCUT2D eigenvalue weighted by Crippen LogP contribution is -2.26. The number of aryl methyl sites for hydroxylation is 1. The molecule has 0 aliphatic heterocycles. The molecule has 0 spiro atoms. The SMILES string of the molecule is Cc1noc(-c2ccccc2C(=O)NCCc2ccc(CO)cc2)n1. The number of benzene rings is 2. The first-order valence-corrected chi connectivity index (χ1v) is 8.04. The van der Waals surface area contributed by atoms with Crippen molar-refractivity contribution in [1.82, 2.24) is 15.5 Å². The fourth-order valence-corrected chi connectivity index (χ4v) is 2.50. The Labute approximate surface area is 145 Å². The van der Waals surface area contributed by atoms with Crippen molar-refractivity contribution in [3.8, 4) is 11.5 Å². The smallest absolute Gasteiger partial charge is 0.258 e. The Kier molecular flexibility index (Phi) is 5.20. The van der Waals surface area contributed by atoms with Gasteiger partial charge in [-0.25, -0.2) is 0 Å². The average Bonchev–Trinajstić information content (AvgIpc) is 3.08. The van der Waals surface area contributed by atoms with Gasteiger partial charge in [0.2, 0.25) is 0 Å². The number of aromatic nitrogens is 2. The summed E-state index contributed by atoms with van der Waals surface area (Å²) in [5, 5.41) is 15.7. The predicted molar refractivity (Wildman–Crippen MR) is 92.9 cm³/mol. The van der Waals surface area contributed by atoms with Gasteiger partial charge in [0.15, 0.2) is 5.82 Å². The maximum absolute atomic E-state index is 12.5. The van der Waals surface area contributed by atoms with E-state index in [0.29, 0.717) is 35.8 Å². The van der Waals surface area contributed by atoms with Gasteiger partial charge in [0.25, 0.3) is 11.8 Å². The number of aliphatic hydroxyl groups is 1. The predicted octanol–water partition coefficient (Wildman–Crippen LogP) is 2.51. The summed E-state index contributed by atoms with van der Waals surface area (Å²) in [7, 11) is 0. The number of carbonyl (C=O) groups is 1. The first-order valence-electron chi connectivity index (χ1n) is 8.04. The Hall–Kier alpha value is -2.99. The number of hydrogen-bond acceptors (Lipinski definition) is 5. The first-order chi connectivity index (χ1) is 12.2. The van der Waals surface area contributed by atoms with E-state index in [1.54, 1.807) is 25.1 Å². The maximum atomic E-state index is 12.5. The van der Waals surface area contributed by atoms with Crippen LogP contribution in [0.25, 0.3) is 11.5 Å².